The van der Waals surface area contributed by atoms with Crippen molar-refractivity contribution < 1.29 is 14.1 Å². The average molecular weight is 226 g/mol. The van der Waals surface area contributed by atoms with Crippen molar-refractivity contribution in [2.45, 2.75) is 25.0 Å². The number of carboxylic acid groups (broad SMARTS) is 1. The molecule has 0 spiro atoms. The monoisotopic (exact) mass is 226 g/mol. The van der Waals surface area contributed by atoms with E-state index in [1.54, 1.807) is 0 Å². The van der Waals surface area contributed by atoms with Crippen molar-refractivity contribution in [2.75, 3.05) is 0 Å². The van der Waals surface area contributed by atoms with E-state index in [9.17, 15) is 4.79 Å². The summed E-state index contributed by atoms with van der Waals surface area (Å²) in [5, 5.41) is 8.52. The molecule has 0 saturated carbocycles. The van der Waals surface area contributed by atoms with Gasteiger partial charge >= 0.3 is 6.16 Å². The number of rotatable bonds is 5. The van der Waals surface area contributed by atoms with Crippen LogP contribution in [0.5, 0.6) is 0 Å². The molecule has 15 heavy (non-hydrogen) atoms. The summed E-state index contributed by atoms with van der Waals surface area (Å²) in [7, 11) is 0. The zero-order chi connectivity index (χ0) is 11.1. The second-order valence-corrected chi connectivity index (χ2v) is 4.06. The van der Waals surface area contributed by atoms with Gasteiger partial charge in [-0.25, -0.2) is 4.79 Å². The van der Waals surface area contributed by atoms with Crippen LogP contribution in [0.3, 0.4) is 0 Å². The van der Waals surface area contributed by atoms with Crippen LogP contribution in [0.2, 0.25) is 0 Å². The Hall–Kier alpha value is -1.16. The molecular weight excluding hydrogens is 212 g/mol. The van der Waals surface area contributed by atoms with Crippen LogP contribution in [-0.2, 0) is 4.18 Å². The molecule has 0 aromatic heterocycles. The van der Waals surface area contributed by atoms with Crippen molar-refractivity contribution in [3.8, 4) is 0 Å². The second-order valence-electron chi connectivity index (χ2n) is 3.13. The Kier molecular flexibility index (Phi) is 5.04. The van der Waals surface area contributed by atoms with Crippen LogP contribution in [0.15, 0.2) is 30.3 Å². The third kappa shape index (κ3) is 4.25. The van der Waals surface area contributed by atoms with Crippen LogP contribution in [-0.4, -0.2) is 11.3 Å². The van der Waals surface area contributed by atoms with E-state index >= 15 is 0 Å². The largest absolute Gasteiger partial charge is 0.518 e. The minimum Gasteiger partial charge on any atom is -0.449 e. The van der Waals surface area contributed by atoms with Gasteiger partial charge in [0, 0.05) is 0 Å². The minimum absolute atomic E-state index is 0.0901. The van der Waals surface area contributed by atoms with Gasteiger partial charge in [-0.3, -0.25) is 0 Å². The highest BCUT2D eigenvalue weighted by Crippen LogP contribution is 2.33. The highest BCUT2D eigenvalue weighted by atomic mass is 32.2. The molecule has 0 aliphatic heterocycles. The van der Waals surface area contributed by atoms with Gasteiger partial charge < -0.3 is 9.29 Å². The molecule has 0 aliphatic carbocycles. The van der Waals surface area contributed by atoms with Crippen molar-refractivity contribution in [1.29, 1.82) is 0 Å². The van der Waals surface area contributed by atoms with Crippen LogP contribution >= 0.6 is 12.0 Å². The lowest BCUT2D eigenvalue weighted by Crippen LogP contribution is -1.98. The Balaban J connectivity index is 2.61. The molecule has 0 heterocycles. The summed E-state index contributed by atoms with van der Waals surface area (Å²) >= 11 is 1.01. The van der Waals surface area contributed by atoms with Crippen molar-refractivity contribution in [3.63, 3.8) is 0 Å². The summed E-state index contributed by atoms with van der Waals surface area (Å²) in [4.78, 5) is 10.3. The van der Waals surface area contributed by atoms with Gasteiger partial charge in [-0.15, -0.1) is 0 Å². The summed E-state index contributed by atoms with van der Waals surface area (Å²) in [5.74, 6) is 0. The van der Waals surface area contributed by atoms with E-state index in [1.807, 2.05) is 30.3 Å². The smallest absolute Gasteiger partial charge is 0.449 e. The standard InChI is InChI=1S/C11H14O3S/c1-2-6-10(15-14-11(12)13)9-7-4-3-5-8-9/h3-5,7-8,10H,2,6H2,1H3,(H,12,13). The fourth-order valence-corrected chi connectivity index (χ4v) is 2.10. The molecule has 0 bridgehead atoms. The first-order chi connectivity index (χ1) is 7.24. The van der Waals surface area contributed by atoms with E-state index in [-0.39, 0.29) is 5.25 Å². The zero-order valence-electron chi connectivity index (χ0n) is 8.55. The van der Waals surface area contributed by atoms with Crippen LogP contribution < -0.4 is 0 Å². The van der Waals surface area contributed by atoms with Gasteiger partial charge in [-0.05, 0) is 12.0 Å². The highest BCUT2D eigenvalue weighted by Gasteiger charge is 2.14. The first kappa shape index (κ1) is 11.9. The molecule has 4 heteroatoms. The van der Waals surface area contributed by atoms with E-state index in [4.69, 9.17) is 5.11 Å². The number of carbonyl (C=O) groups is 1. The minimum atomic E-state index is -1.24. The van der Waals surface area contributed by atoms with E-state index in [2.05, 4.69) is 11.1 Å². The second kappa shape index (κ2) is 6.35. The average Bonchev–Trinajstić information content (AvgIpc) is 2.25. The maximum atomic E-state index is 10.3. The lowest BCUT2D eigenvalue weighted by Gasteiger charge is -2.13. The molecule has 1 rings (SSSR count). The zero-order valence-corrected chi connectivity index (χ0v) is 9.37. The van der Waals surface area contributed by atoms with E-state index in [0.29, 0.717) is 0 Å². The van der Waals surface area contributed by atoms with Crippen LogP contribution in [0.4, 0.5) is 4.79 Å². The Labute approximate surface area is 93.7 Å². The molecular formula is C11H14O3S. The van der Waals surface area contributed by atoms with Gasteiger partial charge in [0.05, 0.1) is 17.3 Å². The Morgan fingerprint density at radius 2 is 2.13 bits per heavy atom. The predicted octanol–water partition coefficient (Wildman–Crippen LogP) is 3.87. The summed E-state index contributed by atoms with van der Waals surface area (Å²) in [6.07, 6.45) is 0.661. The van der Waals surface area contributed by atoms with Gasteiger partial charge in [0.25, 0.3) is 0 Å². The third-order valence-corrected chi connectivity index (χ3v) is 2.94. The normalized spacial score (nSPS) is 12.1. The van der Waals surface area contributed by atoms with Gasteiger partial charge in [0.15, 0.2) is 0 Å². The maximum Gasteiger partial charge on any atom is 0.518 e. The van der Waals surface area contributed by atoms with Gasteiger partial charge in [0.1, 0.15) is 0 Å². The van der Waals surface area contributed by atoms with E-state index in [0.717, 1.165) is 30.4 Å². The molecule has 1 aromatic rings. The molecule has 1 atom stereocenters. The first-order valence-corrected chi connectivity index (χ1v) is 5.65. The van der Waals surface area contributed by atoms with Crippen LogP contribution in [0, 0.1) is 0 Å². The lowest BCUT2D eigenvalue weighted by molar-refractivity contribution is 0.152. The molecule has 3 nitrogen and oxygen atoms in total. The Bertz CT molecular complexity index is 300. The fourth-order valence-electron chi connectivity index (χ4n) is 1.30. The molecule has 82 valence electrons. The van der Waals surface area contributed by atoms with Crippen molar-refractivity contribution in [1.82, 2.24) is 0 Å². The number of benzene rings is 1. The van der Waals surface area contributed by atoms with Crippen LogP contribution in [0.25, 0.3) is 0 Å². The molecule has 0 aliphatic rings. The van der Waals surface area contributed by atoms with E-state index in [1.165, 1.54) is 0 Å². The molecule has 0 fully saturated rings. The van der Waals surface area contributed by atoms with Gasteiger partial charge in [-0.2, -0.15) is 0 Å². The van der Waals surface area contributed by atoms with Crippen molar-refractivity contribution in [3.05, 3.63) is 35.9 Å². The molecule has 1 unspecified atom stereocenters. The third-order valence-electron chi connectivity index (χ3n) is 1.96. The van der Waals surface area contributed by atoms with Crippen molar-refractivity contribution in [2.24, 2.45) is 0 Å². The summed E-state index contributed by atoms with van der Waals surface area (Å²) in [6.45, 7) is 2.07. The summed E-state index contributed by atoms with van der Waals surface area (Å²) in [6, 6.07) is 9.80. The number of hydrogen-bond donors (Lipinski definition) is 1. The topological polar surface area (TPSA) is 46.5 Å². The number of hydrogen-bond acceptors (Lipinski definition) is 3. The quantitative estimate of drug-likeness (QED) is 0.774. The molecule has 0 saturated heterocycles. The summed E-state index contributed by atoms with van der Waals surface area (Å²) in [5.41, 5.74) is 1.10. The Morgan fingerprint density at radius 3 is 2.67 bits per heavy atom. The fraction of sp³-hybridized carbons (Fsp3) is 0.364. The predicted molar refractivity (Wildman–Crippen MR) is 60.8 cm³/mol. The molecule has 0 radical (unpaired) electrons. The maximum absolute atomic E-state index is 10.3. The van der Waals surface area contributed by atoms with Crippen LogP contribution in [0.1, 0.15) is 30.6 Å². The lowest BCUT2D eigenvalue weighted by atomic mass is 10.1. The van der Waals surface area contributed by atoms with Gasteiger partial charge in [-0.1, -0.05) is 43.7 Å². The highest BCUT2D eigenvalue weighted by molar-refractivity contribution is 7.95. The van der Waals surface area contributed by atoms with E-state index < -0.39 is 6.16 Å². The first-order valence-electron chi connectivity index (χ1n) is 4.85. The summed E-state index contributed by atoms with van der Waals surface area (Å²) < 4.78 is 4.54. The Morgan fingerprint density at radius 1 is 1.47 bits per heavy atom. The SMILES string of the molecule is CCCC(SOC(=O)O)c1ccccc1. The molecule has 0 amide bonds. The molecule has 1 N–H and O–H groups in total. The van der Waals surface area contributed by atoms with Gasteiger partial charge in [0.2, 0.25) is 0 Å². The molecule has 1 aromatic carbocycles. The van der Waals surface area contributed by atoms with Crippen molar-refractivity contribution >= 4 is 18.2 Å².